The first-order chi connectivity index (χ1) is 48.5. The van der Waals surface area contributed by atoms with Gasteiger partial charge in [-0.05, 0) is 279 Å². The molecule has 0 atom stereocenters. The second-order valence-corrected chi connectivity index (χ2v) is 26.6. The number of benzene rings is 8. The van der Waals surface area contributed by atoms with E-state index in [2.05, 4.69) is 67.2 Å². The monoisotopic (exact) mass is 1530 g/mol. The molecule has 4 aromatic heterocycles. The molecule has 19 heteroatoms. The molecule has 0 saturated carbocycles. The van der Waals surface area contributed by atoms with Crippen LogP contribution in [0.2, 0.25) is 0 Å². The van der Waals surface area contributed by atoms with E-state index in [1.807, 2.05) is 153 Å². The van der Waals surface area contributed by atoms with Crippen molar-refractivity contribution in [1.29, 1.82) is 0 Å². The van der Waals surface area contributed by atoms with E-state index >= 15 is 0 Å². The molecule has 0 fully saturated rings. The summed E-state index contributed by atoms with van der Waals surface area (Å²) in [4.78, 5) is 94.3. The maximum atomic E-state index is 11.8. The van der Waals surface area contributed by atoms with E-state index < -0.39 is 0 Å². The third-order valence-electron chi connectivity index (χ3n) is 18.8. The highest BCUT2D eigenvalue weighted by molar-refractivity contribution is 6.17. The minimum absolute atomic E-state index is 0. The van der Waals surface area contributed by atoms with Gasteiger partial charge in [-0.15, -0.1) is 37.2 Å². The van der Waals surface area contributed by atoms with Gasteiger partial charge >= 0.3 is 0 Å². The molecule has 4 heterocycles. The quantitative estimate of drug-likeness (QED) is 0.0267. The summed E-state index contributed by atoms with van der Waals surface area (Å²) >= 11 is 0. The fourth-order valence-corrected chi connectivity index (χ4v) is 13.4. The molecular weight excluding hydrogens is 1420 g/mol. The zero-order chi connectivity index (χ0) is 72.8. The summed E-state index contributed by atoms with van der Waals surface area (Å²) < 4.78 is 9.15. The largest absolute Gasteiger partial charge is 0.340 e. The van der Waals surface area contributed by atoms with Gasteiger partial charge in [-0.25, -0.2) is 0 Å². The van der Waals surface area contributed by atoms with Crippen molar-refractivity contribution in [1.82, 2.24) is 39.5 Å². The molecule has 0 aliphatic carbocycles. The molecule has 12 aromatic rings. The number of aryl methyl sites for hydroxylation is 4. The summed E-state index contributed by atoms with van der Waals surface area (Å²) in [5, 5.41) is 21.7. The summed E-state index contributed by atoms with van der Waals surface area (Å²) in [7, 11) is 1.95. The van der Waals surface area contributed by atoms with E-state index in [1.165, 1.54) is 0 Å². The number of carbonyl (C=O) groups is 8. The zero-order valence-corrected chi connectivity index (χ0v) is 64.8. The summed E-state index contributed by atoms with van der Waals surface area (Å²) in [6.07, 6.45) is 5.22. The van der Waals surface area contributed by atoms with Crippen molar-refractivity contribution in [3.05, 3.63) is 190 Å². The van der Waals surface area contributed by atoms with Gasteiger partial charge in [-0.3, -0.25) is 38.4 Å². The Morgan fingerprint density at radius 2 is 0.491 bits per heavy atom. The van der Waals surface area contributed by atoms with Crippen molar-refractivity contribution >= 4 is 171 Å². The number of halogens is 3. The molecule has 108 heavy (non-hydrogen) atoms. The smallest absolute Gasteiger partial charge is 0.159 e. The first-order valence-electron chi connectivity index (χ1n) is 35.6. The Labute approximate surface area is 658 Å². The van der Waals surface area contributed by atoms with Crippen molar-refractivity contribution in [2.75, 3.05) is 46.3 Å². The molecule has 0 unspecified atom stereocenters. The van der Waals surface area contributed by atoms with Crippen LogP contribution >= 0.6 is 37.2 Å². The van der Waals surface area contributed by atoms with Gasteiger partial charge in [-0.2, -0.15) is 0 Å². The van der Waals surface area contributed by atoms with E-state index in [-0.39, 0.29) is 113 Å². The first-order valence-corrected chi connectivity index (χ1v) is 35.6. The lowest BCUT2D eigenvalue weighted by Crippen LogP contribution is -2.24. The van der Waals surface area contributed by atoms with Gasteiger partial charge in [0.1, 0.15) is 0 Å². The topological polar surface area (TPSA) is 204 Å². The number of nitrogens with one attached hydrogen (secondary N) is 4. The van der Waals surface area contributed by atoms with Gasteiger partial charge in [0.25, 0.3) is 0 Å². The number of rotatable bonds is 28. The summed E-state index contributed by atoms with van der Waals surface area (Å²) in [5.41, 5.74) is 14.5. The number of hydrogen-bond donors (Lipinski definition) is 4. The lowest BCUT2D eigenvalue weighted by molar-refractivity contribution is 0.100. The van der Waals surface area contributed by atoms with Gasteiger partial charge in [0.2, 0.25) is 0 Å². The van der Waals surface area contributed by atoms with E-state index in [9.17, 15) is 38.4 Å². The summed E-state index contributed by atoms with van der Waals surface area (Å²) in [5.74, 6) is 0.425. The van der Waals surface area contributed by atoms with Crippen molar-refractivity contribution < 1.29 is 38.4 Å². The average Bonchev–Trinajstić information content (AvgIpc) is 1.63. The Balaban J connectivity index is 0.000000479. The molecule has 12 rings (SSSR count). The van der Waals surface area contributed by atoms with E-state index in [0.717, 1.165) is 185 Å². The van der Waals surface area contributed by atoms with Crippen LogP contribution in [-0.4, -0.2) is 117 Å². The molecule has 4 N–H and O–H groups in total. The molecule has 0 saturated heterocycles. The van der Waals surface area contributed by atoms with Crippen molar-refractivity contribution in [2.45, 2.75) is 177 Å². The lowest BCUT2D eigenvalue weighted by Gasteiger charge is -2.10. The number of fused-ring (bicyclic) bond motifs is 12. The Hall–Kier alpha value is -8.97. The molecule has 582 valence electrons. The molecule has 0 aliphatic rings. The van der Waals surface area contributed by atoms with E-state index in [0.29, 0.717) is 50.5 Å². The Morgan fingerprint density at radius 1 is 0.296 bits per heavy atom. The highest BCUT2D eigenvalue weighted by Crippen LogP contribution is 2.36. The number of Topliss-reactive ketones (excluding diaryl/α,β-unsaturated/α-hetero) is 8. The second kappa shape index (κ2) is 43.9. The minimum Gasteiger partial charge on any atom is -0.340 e. The van der Waals surface area contributed by atoms with Gasteiger partial charge in [0.15, 0.2) is 46.3 Å². The highest BCUT2D eigenvalue weighted by Gasteiger charge is 2.19. The van der Waals surface area contributed by atoms with Gasteiger partial charge in [-0.1, -0.05) is 57.4 Å². The van der Waals surface area contributed by atoms with Crippen LogP contribution in [0.4, 0.5) is 0 Å². The second-order valence-electron chi connectivity index (χ2n) is 26.6. The van der Waals surface area contributed by atoms with Crippen LogP contribution in [-0.2, 0) is 26.2 Å². The maximum Gasteiger partial charge on any atom is 0.159 e. The fourth-order valence-electron chi connectivity index (χ4n) is 13.4. The number of carbonyl (C=O) groups excluding carboxylic acids is 8. The van der Waals surface area contributed by atoms with E-state index in [4.69, 9.17) is 0 Å². The van der Waals surface area contributed by atoms with Crippen LogP contribution in [0.5, 0.6) is 0 Å². The number of hydrogen-bond acceptors (Lipinski definition) is 12. The molecule has 0 bridgehead atoms. The summed E-state index contributed by atoms with van der Waals surface area (Å²) in [6.45, 7) is 30.6. The zero-order valence-electron chi connectivity index (χ0n) is 62.3. The number of aromatic nitrogens is 4. The molecule has 0 spiro atoms. The van der Waals surface area contributed by atoms with Crippen LogP contribution in [0.3, 0.4) is 0 Å². The standard InChI is InChI=1S/2C22H26N2O2.C21H24N2O2.C20H22N2O2.4CH4.3ClH/c1-14(2)23-10-5-11-24-21-8-6-17(15(3)25)12-19(21)20-13-18(16(4)26)7-9-22(20)24;1-4-10-23-11-5-12-24-21-8-6-17(15(2)25)13-19(21)20-14-18(16(3)26)7-9-22(20)24;1-4-22-10-5-11-23-20-8-6-16(14(2)24)12-18(20)19-13-17(15(3)25)7-9-21(19)23;1-13(23)15-5-7-19-17(11-15)18-12-16(14(2)24)6-8-20(18)22(19)10-4-9-21-3;;;;;;;/h6-9,12-14,23H,5,10-11H2,1-4H3;6-9,13-14,23H,4-5,10-12H2,1-3H3;6-9,12-13,22H,4-5,10-11H2,1-3H3;5-8,11-12,21H,4,9-10H2,1-3H3;4*1H4;3*1H. The third-order valence-corrected chi connectivity index (χ3v) is 18.8. The predicted molar refractivity (Wildman–Crippen MR) is 464 cm³/mol. The van der Waals surface area contributed by atoms with Gasteiger partial charge in [0.05, 0.1) is 0 Å². The van der Waals surface area contributed by atoms with Crippen molar-refractivity contribution in [3.63, 3.8) is 0 Å². The van der Waals surface area contributed by atoms with Crippen LogP contribution in [0.15, 0.2) is 146 Å². The van der Waals surface area contributed by atoms with Gasteiger partial charge in [0, 0.05) is 164 Å². The number of ketones is 8. The Bertz CT molecular complexity index is 4850. The first kappa shape index (κ1) is 95.1. The molecule has 8 aromatic carbocycles. The summed E-state index contributed by atoms with van der Waals surface area (Å²) in [6, 6.07) is 47.3. The van der Waals surface area contributed by atoms with Crippen LogP contribution in [0, 0.1) is 0 Å². The van der Waals surface area contributed by atoms with E-state index in [1.54, 1.807) is 55.4 Å². The highest BCUT2D eigenvalue weighted by atomic mass is 35.5. The maximum absolute atomic E-state index is 11.8. The normalized spacial score (nSPS) is 10.6. The fraction of sp³-hybridized carbons (Fsp3) is 0.371. The average molecular weight is 1530 g/mol. The number of nitrogens with zero attached hydrogens (tertiary/aromatic N) is 4. The predicted octanol–water partition coefficient (Wildman–Crippen LogP) is 21.0. The van der Waals surface area contributed by atoms with Crippen molar-refractivity contribution in [2.24, 2.45) is 0 Å². The van der Waals surface area contributed by atoms with Gasteiger partial charge < -0.3 is 39.5 Å². The van der Waals surface area contributed by atoms with Crippen molar-refractivity contribution in [3.8, 4) is 0 Å². The molecule has 0 aliphatic heterocycles. The Morgan fingerprint density at radius 3 is 0.667 bits per heavy atom. The molecular formula is C89H117Cl3N8O8. The SMILES string of the molecule is C.C.C.C.CC(=O)c1ccc2c(c1)c1cc(C(C)=O)ccc1n2CCCNC(C)C.CCCNCCCn1c2ccc(C(C)=O)cc2c2cc(C(C)=O)ccc21.CCNCCCn1c2ccc(C(C)=O)cc2c2cc(C(C)=O)ccc21.CNCCCn1c2ccc(C(C)=O)cc2c2cc(C(C)=O)ccc21.Cl.Cl.Cl. The minimum atomic E-state index is 0. The van der Waals surface area contributed by atoms with Crippen LogP contribution in [0.1, 0.15) is 228 Å². The van der Waals surface area contributed by atoms with Crippen LogP contribution < -0.4 is 21.3 Å². The molecule has 16 nitrogen and oxygen atoms in total. The Kier molecular flexibility index (Phi) is 38.6. The lowest BCUT2D eigenvalue weighted by atomic mass is 10.0. The van der Waals surface area contributed by atoms with Crippen LogP contribution in [0.25, 0.3) is 87.2 Å². The molecule has 0 amide bonds. The third kappa shape index (κ3) is 22.4. The molecule has 0 radical (unpaired) electrons.